The number of amides is 1. The Labute approximate surface area is 180 Å². The molecule has 2 aromatic rings. The zero-order chi connectivity index (χ0) is 23.0. The number of carboxylic acids is 1. The number of carbonyl (C=O) groups excluding carboxylic acids is 2. The molecular formula is C23H25N3O5. The molecule has 0 aliphatic rings. The van der Waals surface area contributed by atoms with E-state index in [4.69, 9.17) is 21.0 Å². The number of ether oxygens (including phenoxy) is 1. The van der Waals surface area contributed by atoms with Gasteiger partial charge in [0.2, 0.25) is 5.91 Å². The third-order valence-corrected chi connectivity index (χ3v) is 4.35. The number of benzene rings is 2. The number of nitrogens with one attached hydrogen (secondary N) is 1. The summed E-state index contributed by atoms with van der Waals surface area (Å²) in [5, 5.41) is 16.4. The number of aliphatic carboxylic acids is 1. The van der Waals surface area contributed by atoms with Crippen LogP contribution in [0.5, 0.6) is 5.75 Å². The maximum atomic E-state index is 12.5. The third-order valence-electron chi connectivity index (χ3n) is 4.35. The second-order valence-electron chi connectivity index (χ2n) is 6.90. The molecule has 0 saturated carbocycles. The molecule has 0 spiro atoms. The van der Waals surface area contributed by atoms with E-state index in [1.807, 2.05) is 6.92 Å². The highest BCUT2D eigenvalue weighted by Gasteiger charge is 2.17. The van der Waals surface area contributed by atoms with E-state index < -0.39 is 11.9 Å². The van der Waals surface area contributed by atoms with Crippen LogP contribution in [-0.4, -0.2) is 46.8 Å². The molecule has 0 aromatic heterocycles. The number of carbonyl (C=O) groups is 3. The van der Waals surface area contributed by atoms with E-state index in [1.54, 1.807) is 61.5 Å². The summed E-state index contributed by atoms with van der Waals surface area (Å²) in [5.41, 5.74) is 7.35. The lowest BCUT2D eigenvalue weighted by Crippen LogP contribution is -2.36. The van der Waals surface area contributed by atoms with Crippen LogP contribution < -0.4 is 10.5 Å². The van der Waals surface area contributed by atoms with Crippen molar-refractivity contribution in [2.45, 2.75) is 20.3 Å². The van der Waals surface area contributed by atoms with Gasteiger partial charge in [-0.15, -0.1) is 0 Å². The number of esters is 1. The summed E-state index contributed by atoms with van der Waals surface area (Å²) in [6.45, 7) is 3.50. The van der Waals surface area contributed by atoms with Gasteiger partial charge in [-0.3, -0.25) is 15.0 Å². The van der Waals surface area contributed by atoms with Gasteiger partial charge in [0.25, 0.3) is 0 Å². The van der Waals surface area contributed by atoms with Gasteiger partial charge >= 0.3 is 11.9 Å². The monoisotopic (exact) mass is 423 g/mol. The molecule has 0 saturated heterocycles. The number of rotatable bonds is 9. The molecule has 162 valence electrons. The molecule has 0 heterocycles. The average molecular weight is 423 g/mol. The van der Waals surface area contributed by atoms with Crippen molar-refractivity contribution >= 4 is 29.8 Å². The lowest BCUT2D eigenvalue weighted by Gasteiger charge is -2.20. The van der Waals surface area contributed by atoms with Crippen LogP contribution in [0.3, 0.4) is 0 Å². The zero-order valence-electron chi connectivity index (χ0n) is 17.4. The van der Waals surface area contributed by atoms with Gasteiger partial charge in [0, 0.05) is 17.7 Å². The molecule has 2 rings (SSSR count). The van der Waals surface area contributed by atoms with Gasteiger partial charge in [0.1, 0.15) is 18.1 Å². The Kier molecular flexibility index (Phi) is 8.08. The second-order valence-corrected chi connectivity index (χ2v) is 6.90. The van der Waals surface area contributed by atoms with Crippen LogP contribution in [-0.2, 0) is 9.59 Å². The first-order valence-corrected chi connectivity index (χ1v) is 9.67. The Bertz CT molecular complexity index is 995. The highest BCUT2D eigenvalue weighted by molar-refractivity contribution is 5.99. The Balaban J connectivity index is 2.07. The summed E-state index contributed by atoms with van der Waals surface area (Å²) in [4.78, 5) is 37.1. The summed E-state index contributed by atoms with van der Waals surface area (Å²) in [6, 6.07) is 12.8. The fraction of sp³-hybridized carbons (Fsp3) is 0.217. The van der Waals surface area contributed by atoms with E-state index in [9.17, 15) is 14.4 Å². The molecule has 2 aromatic carbocycles. The average Bonchev–Trinajstić information content (AvgIpc) is 2.73. The number of nitrogens with zero attached hydrogens (tertiary/aromatic N) is 1. The van der Waals surface area contributed by atoms with Crippen molar-refractivity contribution in [1.82, 2.24) is 4.90 Å². The van der Waals surface area contributed by atoms with E-state index in [-0.39, 0.29) is 18.3 Å². The van der Waals surface area contributed by atoms with Crippen LogP contribution in [0.15, 0.2) is 54.1 Å². The standard InChI is InChI=1S/C23H25N3O5/c1-3-12-26(14-20(27)28)22(29)15(2)13-16-4-6-18(7-5-16)23(30)31-19-10-8-17(9-11-19)21(24)25/h4-11,13H,3,12,14H2,1-2H3,(H3,24,25)(H,27,28)/b15-13+. The molecule has 0 aliphatic carbocycles. The molecule has 0 fully saturated rings. The van der Waals surface area contributed by atoms with Crippen LogP contribution in [0.25, 0.3) is 6.08 Å². The molecule has 1 amide bonds. The highest BCUT2D eigenvalue weighted by Crippen LogP contribution is 2.16. The highest BCUT2D eigenvalue weighted by atomic mass is 16.5. The first-order chi connectivity index (χ1) is 14.7. The number of nitrogens with two attached hydrogens (primary N) is 1. The van der Waals surface area contributed by atoms with Crippen molar-refractivity contribution in [3.05, 3.63) is 70.8 Å². The quantitative estimate of drug-likeness (QED) is 0.187. The van der Waals surface area contributed by atoms with Crippen molar-refractivity contribution in [2.24, 2.45) is 5.73 Å². The molecule has 31 heavy (non-hydrogen) atoms. The van der Waals surface area contributed by atoms with Gasteiger partial charge in [-0.25, -0.2) is 4.79 Å². The van der Waals surface area contributed by atoms with Crippen molar-refractivity contribution in [3.8, 4) is 5.75 Å². The fourth-order valence-corrected chi connectivity index (χ4v) is 2.83. The molecule has 0 unspecified atom stereocenters. The van der Waals surface area contributed by atoms with Gasteiger partial charge in [-0.2, -0.15) is 0 Å². The Hall–Kier alpha value is -3.94. The summed E-state index contributed by atoms with van der Waals surface area (Å²) >= 11 is 0. The van der Waals surface area contributed by atoms with Gasteiger partial charge in [-0.05, 0) is 61.4 Å². The maximum absolute atomic E-state index is 12.5. The first-order valence-electron chi connectivity index (χ1n) is 9.67. The minimum atomic E-state index is -1.06. The number of hydrogen-bond acceptors (Lipinski definition) is 5. The maximum Gasteiger partial charge on any atom is 0.343 e. The Morgan fingerprint density at radius 1 is 1.06 bits per heavy atom. The van der Waals surface area contributed by atoms with E-state index in [0.29, 0.717) is 41.0 Å². The first kappa shape index (κ1) is 23.3. The summed E-state index contributed by atoms with van der Waals surface area (Å²) in [7, 11) is 0. The van der Waals surface area contributed by atoms with Crippen molar-refractivity contribution in [3.63, 3.8) is 0 Å². The van der Waals surface area contributed by atoms with Gasteiger partial charge in [-0.1, -0.05) is 19.1 Å². The molecule has 4 N–H and O–H groups in total. The van der Waals surface area contributed by atoms with E-state index >= 15 is 0 Å². The van der Waals surface area contributed by atoms with Crippen LogP contribution in [0, 0.1) is 5.41 Å². The van der Waals surface area contributed by atoms with Crippen LogP contribution in [0.2, 0.25) is 0 Å². The van der Waals surface area contributed by atoms with E-state index in [0.717, 1.165) is 0 Å². The lowest BCUT2D eigenvalue weighted by atomic mass is 10.1. The molecule has 0 atom stereocenters. The van der Waals surface area contributed by atoms with Crippen molar-refractivity contribution in [2.75, 3.05) is 13.1 Å². The van der Waals surface area contributed by atoms with Crippen LogP contribution in [0.1, 0.15) is 41.8 Å². The largest absolute Gasteiger partial charge is 0.480 e. The van der Waals surface area contributed by atoms with E-state index in [2.05, 4.69) is 0 Å². The van der Waals surface area contributed by atoms with Gasteiger partial charge in [0.15, 0.2) is 0 Å². The molecule has 8 nitrogen and oxygen atoms in total. The number of nitrogen functional groups attached to an aromatic ring is 1. The normalized spacial score (nSPS) is 11.0. The van der Waals surface area contributed by atoms with Crippen molar-refractivity contribution in [1.29, 1.82) is 5.41 Å². The SMILES string of the molecule is CCCN(CC(=O)O)C(=O)/C(C)=C/c1ccc(C(=O)Oc2ccc(C(=N)N)cc2)cc1. The zero-order valence-corrected chi connectivity index (χ0v) is 17.4. The van der Waals surface area contributed by atoms with Crippen LogP contribution in [0.4, 0.5) is 0 Å². The number of hydrogen-bond donors (Lipinski definition) is 3. The predicted molar refractivity (Wildman–Crippen MR) is 117 cm³/mol. The summed E-state index contributed by atoms with van der Waals surface area (Å²) in [5.74, 6) is -1.70. The molecule has 0 radical (unpaired) electrons. The molecular weight excluding hydrogens is 398 g/mol. The predicted octanol–water partition coefficient (Wildman–Crippen LogP) is 2.92. The second kappa shape index (κ2) is 10.7. The van der Waals surface area contributed by atoms with Gasteiger partial charge in [0.05, 0.1) is 5.56 Å². The minimum Gasteiger partial charge on any atom is -0.480 e. The van der Waals surface area contributed by atoms with Gasteiger partial charge < -0.3 is 20.5 Å². The topological polar surface area (TPSA) is 134 Å². The number of carboxylic acid groups (broad SMARTS) is 1. The van der Waals surface area contributed by atoms with Crippen LogP contribution >= 0.6 is 0 Å². The Morgan fingerprint density at radius 3 is 2.16 bits per heavy atom. The fourth-order valence-electron chi connectivity index (χ4n) is 2.83. The summed E-state index contributed by atoms with van der Waals surface area (Å²) in [6.07, 6.45) is 2.29. The summed E-state index contributed by atoms with van der Waals surface area (Å²) < 4.78 is 5.31. The number of amidine groups is 1. The third kappa shape index (κ3) is 6.81. The van der Waals surface area contributed by atoms with E-state index in [1.165, 1.54) is 4.90 Å². The Morgan fingerprint density at radius 2 is 1.65 bits per heavy atom. The molecule has 0 aliphatic heterocycles. The molecule has 0 bridgehead atoms. The van der Waals surface area contributed by atoms with Crippen molar-refractivity contribution < 1.29 is 24.2 Å². The smallest absolute Gasteiger partial charge is 0.343 e. The minimum absolute atomic E-state index is 0.0731. The molecule has 8 heteroatoms. The lowest BCUT2D eigenvalue weighted by molar-refractivity contribution is -0.143.